The van der Waals surface area contributed by atoms with Gasteiger partial charge in [0.25, 0.3) is 0 Å². The predicted octanol–water partition coefficient (Wildman–Crippen LogP) is 1.78. The Labute approximate surface area is 113 Å². The van der Waals surface area contributed by atoms with Crippen molar-refractivity contribution in [3.63, 3.8) is 0 Å². The lowest BCUT2D eigenvalue weighted by molar-refractivity contribution is -0.120. The maximum Gasteiger partial charge on any atom is 0.239 e. The molecular formula is C14H20N2O3. The fraction of sp³-hybridized carbons (Fsp3) is 0.500. The SMILES string of the molecule is CC(C)(C)NC(=O)CNc1ccc2c(c1)OCCO2. The summed E-state index contributed by atoms with van der Waals surface area (Å²) in [5.41, 5.74) is 0.624. The van der Waals surface area contributed by atoms with Crippen molar-refractivity contribution < 1.29 is 14.3 Å². The van der Waals surface area contributed by atoms with E-state index >= 15 is 0 Å². The zero-order chi connectivity index (χ0) is 13.9. The summed E-state index contributed by atoms with van der Waals surface area (Å²) >= 11 is 0. The average molecular weight is 264 g/mol. The third-order valence-electron chi connectivity index (χ3n) is 2.51. The second kappa shape index (κ2) is 5.38. The molecule has 0 bridgehead atoms. The number of amides is 1. The van der Waals surface area contributed by atoms with Crippen LogP contribution in [0.3, 0.4) is 0 Å². The first kappa shape index (κ1) is 13.5. The molecule has 0 saturated carbocycles. The summed E-state index contributed by atoms with van der Waals surface area (Å²) < 4.78 is 10.9. The molecule has 2 N–H and O–H groups in total. The predicted molar refractivity (Wildman–Crippen MR) is 73.8 cm³/mol. The molecule has 0 saturated heterocycles. The normalized spacial score (nSPS) is 13.8. The van der Waals surface area contributed by atoms with E-state index < -0.39 is 0 Å². The van der Waals surface area contributed by atoms with E-state index in [2.05, 4.69) is 10.6 Å². The van der Waals surface area contributed by atoms with Crippen LogP contribution in [0.15, 0.2) is 18.2 Å². The van der Waals surface area contributed by atoms with Crippen molar-refractivity contribution in [1.29, 1.82) is 0 Å². The largest absolute Gasteiger partial charge is 0.486 e. The molecule has 104 valence electrons. The highest BCUT2D eigenvalue weighted by molar-refractivity contribution is 5.81. The van der Waals surface area contributed by atoms with Crippen molar-refractivity contribution in [3.05, 3.63) is 18.2 Å². The van der Waals surface area contributed by atoms with E-state index in [4.69, 9.17) is 9.47 Å². The molecule has 1 aromatic rings. The second-order valence-electron chi connectivity index (χ2n) is 5.51. The highest BCUT2D eigenvalue weighted by Gasteiger charge is 2.14. The van der Waals surface area contributed by atoms with Crippen LogP contribution in [0.25, 0.3) is 0 Å². The van der Waals surface area contributed by atoms with Gasteiger partial charge in [-0.2, -0.15) is 0 Å². The zero-order valence-electron chi connectivity index (χ0n) is 11.6. The van der Waals surface area contributed by atoms with E-state index in [0.29, 0.717) is 19.0 Å². The van der Waals surface area contributed by atoms with E-state index in [-0.39, 0.29) is 18.0 Å². The molecule has 1 heterocycles. The highest BCUT2D eigenvalue weighted by atomic mass is 16.6. The minimum atomic E-state index is -0.217. The van der Waals surface area contributed by atoms with Crippen molar-refractivity contribution in [1.82, 2.24) is 5.32 Å². The Morgan fingerprint density at radius 1 is 1.21 bits per heavy atom. The molecule has 0 aromatic heterocycles. The monoisotopic (exact) mass is 264 g/mol. The summed E-state index contributed by atoms with van der Waals surface area (Å²) in [5.74, 6) is 1.42. The number of hydrogen-bond donors (Lipinski definition) is 2. The van der Waals surface area contributed by atoms with Gasteiger partial charge in [-0.25, -0.2) is 0 Å². The molecule has 5 nitrogen and oxygen atoms in total. The maximum absolute atomic E-state index is 11.7. The van der Waals surface area contributed by atoms with Crippen LogP contribution >= 0.6 is 0 Å². The van der Waals surface area contributed by atoms with Crippen molar-refractivity contribution >= 4 is 11.6 Å². The van der Waals surface area contributed by atoms with Gasteiger partial charge in [-0.1, -0.05) is 0 Å². The van der Waals surface area contributed by atoms with E-state index in [1.165, 1.54) is 0 Å². The van der Waals surface area contributed by atoms with Gasteiger partial charge in [-0.05, 0) is 32.9 Å². The van der Waals surface area contributed by atoms with Gasteiger partial charge in [0.2, 0.25) is 5.91 Å². The first-order chi connectivity index (χ1) is 8.94. The van der Waals surface area contributed by atoms with Gasteiger partial charge >= 0.3 is 0 Å². The van der Waals surface area contributed by atoms with Crippen molar-refractivity contribution in [3.8, 4) is 11.5 Å². The fourth-order valence-electron chi connectivity index (χ4n) is 1.80. The molecule has 1 aliphatic rings. The van der Waals surface area contributed by atoms with Crippen LogP contribution in [0.2, 0.25) is 0 Å². The van der Waals surface area contributed by atoms with Crippen molar-refractivity contribution in [2.75, 3.05) is 25.1 Å². The van der Waals surface area contributed by atoms with Crippen molar-refractivity contribution in [2.45, 2.75) is 26.3 Å². The van der Waals surface area contributed by atoms with Crippen molar-refractivity contribution in [2.24, 2.45) is 0 Å². The molecule has 1 aromatic carbocycles. The van der Waals surface area contributed by atoms with Gasteiger partial charge < -0.3 is 20.1 Å². The van der Waals surface area contributed by atoms with Crippen LogP contribution in [0.1, 0.15) is 20.8 Å². The lowest BCUT2D eigenvalue weighted by atomic mass is 10.1. The standard InChI is InChI=1S/C14H20N2O3/c1-14(2,3)16-13(17)9-15-10-4-5-11-12(8-10)19-7-6-18-11/h4-5,8,15H,6-7,9H2,1-3H3,(H,16,17). The van der Waals surface area contributed by atoms with Gasteiger partial charge in [0.15, 0.2) is 11.5 Å². The van der Waals surface area contributed by atoms with E-state index in [1.807, 2.05) is 39.0 Å². The lowest BCUT2D eigenvalue weighted by Gasteiger charge is -2.21. The minimum absolute atomic E-state index is 0.0395. The minimum Gasteiger partial charge on any atom is -0.486 e. The van der Waals surface area contributed by atoms with Crippen LogP contribution in [-0.4, -0.2) is 31.2 Å². The fourth-order valence-corrected chi connectivity index (χ4v) is 1.80. The maximum atomic E-state index is 11.7. The second-order valence-corrected chi connectivity index (χ2v) is 5.51. The quantitative estimate of drug-likeness (QED) is 0.873. The van der Waals surface area contributed by atoms with Gasteiger partial charge in [-0.15, -0.1) is 0 Å². The van der Waals surface area contributed by atoms with Crippen LogP contribution in [-0.2, 0) is 4.79 Å². The molecule has 0 radical (unpaired) electrons. The molecule has 0 unspecified atom stereocenters. The Balaban J connectivity index is 1.91. The summed E-state index contributed by atoms with van der Waals surface area (Å²) in [7, 11) is 0. The van der Waals surface area contributed by atoms with Gasteiger partial charge in [0.05, 0.1) is 6.54 Å². The highest BCUT2D eigenvalue weighted by Crippen LogP contribution is 2.32. The van der Waals surface area contributed by atoms with Crippen LogP contribution in [0.5, 0.6) is 11.5 Å². The zero-order valence-corrected chi connectivity index (χ0v) is 11.6. The van der Waals surface area contributed by atoms with Gasteiger partial charge in [0.1, 0.15) is 13.2 Å². The Hall–Kier alpha value is -1.91. The number of carbonyl (C=O) groups excluding carboxylic acids is 1. The molecule has 1 amide bonds. The first-order valence-electron chi connectivity index (χ1n) is 6.38. The Morgan fingerprint density at radius 2 is 1.89 bits per heavy atom. The van der Waals surface area contributed by atoms with Crippen LogP contribution in [0.4, 0.5) is 5.69 Å². The summed E-state index contributed by atoms with van der Waals surface area (Å²) in [6, 6.07) is 5.56. The summed E-state index contributed by atoms with van der Waals surface area (Å²) in [6.45, 7) is 7.23. The molecule has 0 fully saturated rings. The number of carbonyl (C=O) groups is 1. The molecule has 5 heteroatoms. The summed E-state index contributed by atoms with van der Waals surface area (Å²) in [4.78, 5) is 11.7. The first-order valence-corrected chi connectivity index (χ1v) is 6.38. The Morgan fingerprint density at radius 3 is 2.58 bits per heavy atom. The molecule has 0 spiro atoms. The topological polar surface area (TPSA) is 59.6 Å². The number of rotatable bonds is 3. The third kappa shape index (κ3) is 4.05. The molecule has 19 heavy (non-hydrogen) atoms. The van der Waals surface area contributed by atoms with E-state index in [9.17, 15) is 4.79 Å². The number of anilines is 1. The number of benzene rings is 1. The molecular weight excluding hydrogens is 244 g/mol. The number of fused-ring (bicyclic) bond motifs is 1. The van der Waals surface area contributed by atoms with Gasteiger partial charge in [-0.3, -0.25) is 4.79 Å². The number of hydrogen-bond acceptors (Lipinski definition) is 4. The molecule has 2 rings (SSSR count). The van der Waals surface area contributed by atoms with Crippen LogP contribution in [0, 0.1) is 0 Å². The average Bonchev–Trinajstić information content (AvgIpc) is 2.34. The number of ether oxygens (including phenoxy) is 2. The summed E-state index contributed by atoms with van der Waals surface area (Å²) in [6.07, 6.45) is 0. The van der Waals surface area contributed by atoms with Gasteiger partial charge in [0, 0.05) is 17.3 Å². The molecule has 1 aliphatic heterocycles. The third-order valence-corrected chi connectivity index (χ3v) is 2.51. The molecule has 0 aliphatic carbocycles. The number of nitrogens with one attached hydrogen (secondary N) is 2. The molecule has 0 atom stereocenters. The van der Waals surface area contributed by atoms with Crippen LogP contribution < -0.4 is 20.1 Å². The van der Waals surface area contributed by atoms with E-state index in [1.54, 1.807) is 0 Å². The Kier molecular flexibility index (Phi) is 3.83. The lowest BCUT2D eigenvalue weighted by Crippen LogP contribution is -2.43. The summed E-state index contributed by atoms with van der Waals surface area (Å²) in [5, 5.41) is 5.96. The smallest absolute Gasteiger partial charge is 0.239 e. The van der Waals surface area contributed by atoms with E-state index in [0.717, 1.165) is 11.4 Å². The Bertz CT molecular complexity index is 466.